The number of nitrogens with one attached hydrogen (secondary N) is 1. The number of guanidine groups is 1. The number of unbranched alkanes of at least 4 members (excludes halogenated alkanes) is 5. The first kappa shape index (κ1) is 21.9. The minimum absolute atomic E-state index is 0. The Labute approximate surface area is 158 Å². The molecule has 0 radical (unpaired) electrons. The van der Waals surface area contributed by atoms with Gasteiger partial charge in [-0.05, 0) is 18.6 Å². The van der Waals surface area contributed by atoms with E-state index in [1.165, 1.54) is 32.1 Å². The number of nitrogens with two attached hydrogens (primary N) is 1. The summed E-state index contributed by atoms with van der Waals surface area (Å²) >= 11 is 0. The zero-order valence-corrected chi connectivity index (χ0v) is 17.0. The Kier molecular flexibility index (Phi) is 12.8. The number of nitrogens with zero attached hydrogens (tertiary/aromatic N) is 3. The fraction of sp³-hybridized carbons (Fsp3) is 0.647. The highest BCUT2D eigenvalue weighted by Crippen LogP contribution is 2.08. The maximum absolute atomic E-state index is 5.88. The molecular formula is C17H32IN5. The molecule has 23 heavy (non-hydrogen) atoms. The van der Waals surface area contributed by atoms with Crippen LogP contribution in [0.5, 0.6) is 0 Å². The zero-order chi connectivity index (χ0) is 16.2. The number of halogens is 1. The van der Waals surface area contributed by atoms with Crippen LogP contribution in [0.2, 0.25) is 0 Å². The summed E-state index contributed by atoms with van der Waals surface area (Å²) in [6.45, 7) is 3.64. The molecule has 0 fully saturated rings. The number of aliphatic imine (C=N–C) groups is 1. The average Bonchev–Trinajstić information content (AvgIpc) is 2.52. The monoisotopic (exact) mass is 433 g/mol. The summed E-state index contributed by atoms with van der Waals surface area (Å²) in [5, 5.41) is 3.17. The number of pyridine rings is 1. The molecule has 0 aliphatic heterocycles. The van der Waals surface area contributed by atoms with Crippen molar-refractivity contribution in [2.45, 2.75) is 52.0 Å². The predicted molar refractivity (Wildman–Crippen MR) is 111 cm³/mol. The molecule has 1 heterocycles. The lowest BCUT2D eigenvalue weighted by atomic mass is 10.1. The largest absolute Gasteiger partial charge is 0.370 e. The van der Waals surface area contributed by atoms with Gasteiger partial charge >= 0.3 is 0 Å². The molecule has 0 aromatic carbocycles. The minimum atomic E-state index is 0. The molecule has 0 saturated heterocycles. The first-order valence-corrected chi connectivity index (χ1v) is 8.30. The molecule has 0 aliphatic rings. The van der Waals surface area contributed by atoms with Gasteiger partial charge in [-0.3, -0.25) is 0 Å². The van der Waals surface area contributed by atoms with Gasteiger partial charge < -0.3 is 16.0 Å². The van der Waals surface area contributed by atoms with Gasteiger partial charge in [0.2, 0.25) is 0 Å². The van der Waals surface area contributed by atoms with Crippen LogP contribution in [0.3, 0.4) is 0 Å². The number of hydrogen-bond acceptors (Lipinski definition) is 3. The summed E-state index contributed by atoms with van der Waals surface area (Å²) in [6, 6.07) is 5.94. The molecule has 132 valence electrons. The van der Waals surface area contributed by atoms with E-state index in [9.17, 15) is 0 Å². The molecule has 1 aromatic rings. The Bertz CT molecular complexity index is 448. The molecule has 5 nitrogen and oxygen atoms in total. The molecule has 3 N–H and O–H groups in total. The van der Waals surface area contributed by atoms with Gasteiger partial charge in [0.1, 0.15) is 5.82 Å². The van der Waals surface area contributed by atoms with Gasteiger partial charge in [0.25, 0.3) is 0 Å². The van der Waals surface area contributed by atoms with E-state index in [4.69, 9.17) is 5.73 Å². The quantitative estimate of drug-likeness (QED) is 0.257. The molecule has 6 heteroatoms. The summed E-state index contributed by atoms with van der Waals surface area (Å²) in [6.07, 6.45) is 7.69. The molecule has 1 aromatic heterocycles. The third-order valence-corrected chi connectivity index (χ3v) is 3.50. The molecule has 0 spiro atoms. The second kappa shape index (κ2) is 13.4. The first-order chi connectivity index (χ1) is 10.6. The van der Waals surface area contributed by atoms with Gasteiger partial charge in [0.15, 0.2) is 5.96 Å². The Morgan fingerprint density at radius 1 is 1.17 bits per heavy atom. The van der Waals surface area contributed by atoms with Crippen molar-refractivity contribution >= 4 is 35.8 Å². The van der Waals surface area contributed by atoms with Crippen LogP contribution in [0.4, 0.5) is 5.82 Å². The van der Waals surface area contributed by atoms with E-state index in [1.807, 2.05) is 37.2 Å². The molecule has 0 aliphatic carbocycles. The van der Waals surface area contributed by atoms with E-state index in [0.717, 1.165) is 24.5 Å². The molecule has 0 amide bonds. The van der Waals surface area contributed by atoms with E-state index in [0.29, 0.717) is 12.5 Å². The van der Waals surface area contributed by atoms with Crippen LogP contribution < -0.4 is 16.0 Å². The van der Waals surface area contributed by atoms with Gasteiger partial charge in [0, 0.05) is 20.6 Å². The summed E-state index contributed by atoms with van der Waals surface area (Å²) in [5.74, 6) is 1.44. The smallest absolute Gasteiger partial charge is 0.188 e. The Morgan fingerprint density at radius 3 is 2.57 bits per heavy atom. The topological polar surface area (TPSA) is 66.5 Å². The van der Waals surface area contributed by atoms with Gasteiger partial charge in [-0.25, -0.2) is 9.98 Å². The highest BCUT2D eigenvalue weighted by molar-refractivity contribution is 14.0. The summed E-state index contributed by atoms with van der Waals surface area (Å²) in [4.78, 5) is 10.8. The number of aromatic nitrogens is 1. The van der Waals surface area contributed by atoms with E-state index in [2.05, 4.69) is 22.2 Å². The molecule has 0 unspecified atom stereocenters. The molecule has 1 rings (SSSR count). The van der Waals surface area contributed by atoms with Crippen molar-refractivity contribution < 1.29 is 0 Å². The van der Waals surface area contributed by atoms with Crippen LogP contribution in [0.25, 0.3) is 0 Å². The van der Waals surface area contributed by atoms with Crippen molar-refractivity contribution in [3.8, 4) is 0 Å². The van der Waals surface area contributed by atoms with E-state index in [1.54, 1.807) is 0 Å². The fourth-order valence-corrected chi connectivity index (χ4v) is 2.15. The third kappa shape index (κ3) is 10.4. The minimum Gasteiger partial charge on any atom is -0.370 e. The molecular weight excluding hydrogens is 401 g/mol. The van der Waals surface area contributed by atoms with Gasteiger partial charge in [0.05, 0.1) is 12.2 Å². The number of anilines is 1. The second-order valence-corrected chi connectivity index (χ2v) is 5.78. The van der Waals surface area contributed by atoms with Crippen molar-refractivity contribution in [3.63, 3.8) is 0 Å². The van der Waals surface area contributed by atoms with Crippen molar-refractivity contribution in [1.82, 2.24) is 10.3 Å². The van der Waals surface area contributed by atoms with Gasteiger partial charge in [-0.1, -0.05) is 45.1 Å². The maximum atomic E-state index is 5.88. The Morgan fingerprint density at radius 2 is 1.87 bits per heavy atom. The SMILES string of the molecule is CCCCCCCCNC(N)=NCc1cccc(N(C)C)n1.I. The highest BCUT2D eigenvalue weighted by atomic mass is 127. The lowest BCUT2D eigenvalue weighted by molar-refractivity contribution is 0.601. The standard InChI is InChI=1S/C17H31N5.HI/c1-4-5-6-7-8-9-13-19-17(18)20-14-15-11-10-12-16(21-15)22(2)3;/h10-12H,4-9,13-14H2,1-3H3,(H3,18,19,20);1H. The third-order valence-electron chi connectivity index (χ3n) is 3.50. The van der Waals surface area contributed by atoms with Crippen LogP contribution in [0, 0.1) is 0 Å². The number of hydrogen-bond donors (Lipinski definition) is 2. The van der Waals surface area contributed by atoms with Crippen LogP contribution in [-0.4, -0.2) is 31.6 Å². The van der Waals surface area contributed by atoms with E-state index in [-0.39, 0.29) is 24.0 Å². The summed E-state index contributed by atoms with van der Waals surface area (Å²) in [7, 11) is 3.96. The lowest BCUT2D eigenvalue weighted by Crippen LogP contribution is -2.32. The second-order valence-electron chi connectivity index (χ2n) is 5.78. The maximum Gasteiger partial charge on any atom is 0.188 e. The Balaban J connectivity index is 0.00000484. The normalized spacial score (nSPS) is 11.0. The van der Waals surface area contributed by atoms with E-state index >= 15 is 0 Å². The average molecular weight is 433 g/mol. The van der Waals surface area contributed by atoms with E-state index < -0.39 is 0 Å². The van der Waals surface area contributed by atoms with Gasteiger partial charge in [-0.2, -0.15) is 0 Å². The Hall–Kier alpha value is -1.05. The lowest BCUT2D eigenvalue weighted by Gasteiger charge is -2.11. The fourth-order valence-electron chi connectivity index (χ4n) is 2.15. The molecule has 0 atom stereocenters. The number of rotatable bonds is 10. The van der Waals surface area contributed by atoms with Crippen molar-refractivity contribution in [2.75, 3.05) is 25.5 Å². The van der Waals surface area contributed by atoms with Crippen molar-refractivity contribution in [3.05, 3.63) is 23.9 Å². The van der Waals surface area contributed by atoms with Crippen LogP contribution >= 0.6 is 24.0 Å². The zero-order valence-electron chi connectivity index (χ0n) is 14.7. The molecule has 0 bridgehead atoms. The summed E-state index contributed by atoms with van der Waals surface area (Å²) in [5.41, 5.74) is 6.81. The van der Waals surface area contributed by atoms with Crippen molar-refractivity contribution in [2.24, 2.45) is 10.7 Å². The molecule has 0 saturated carbocycles. The van der Waals surface area contributed by atoms with Crippen LogP contribution in [0.15, 0.2) is 23.2 Å². The van der Waals surface area contributed by atoms with Crippen molar-refractivity contribution in [1.29, 1.82) is 0 Å². The predicted octanol–water partition coefficient (Wildman–Crippen LogP) is 3.53. The summed E-state index contributed by atoms with van der Waals surface area (Å²) < 4.78 is 0. The van der Waals surface area contributed by atoms with Crippen LogP contribution in [-0.2, 0) is 6.54 Å². The van der Waals surface area contributed by atoms with Gasteiger partial charge in [-0.15, -0.1) is 24.0 Å². The van der Waals surface area contributed by atoms with Crippen LogP contribution in [0.1, 0.15) is 51.1 Å². The highest BCUT2D eigenvalue weighted by Gasteiger charge is 1.99. The first-order valence-electron chi connectivity index (χ1n) is 8.30.